The van der Waals surface area contributed by atoms with E-state index in [1.54, 1.807) is 28.1 Å². The van der Waals surface area contributed by atoms with Crippen molar-refractivity contribution in [1.82, 2.24) is 19.8 Å². The molecule has 2 aromatic rings. The molecule has 28 heavy (non-hydrogen) atoms. The minimum absolute atomic E-state index is 0.00127. The molecule has 0 unspecified atom stereocenters. The van der Waals surface area contributed by atoms with Crippen LogP contribution in [0.25, 0.3) is 0 Å². The number of halogens is 1. The van der Waals surface area contributed by atoms with Crippen LogP contribution in [0.3, 0.4) is 0 Å². The average molecular weight is 400 g/mol. The van der Waals surface area contributed by atoms with Crippen molar-refractivity contribution in [2.24, 2.45) is 0 Å². The molecule has 2 amide bonds. The topological polar surface area (TPSA) is 69.6 Å². The van der Waals surface area contributed by atoms with Crippen molar-refractivity contribution in [3.05, 3.63) is 53.4 Å². The number of hydrogen-bond donors (Lipinski definition) is 0. The number of rotatable bonds is 4. The molecule has 7 nitrogen and oxygen atoms in total. The van der Waals surface area contributed by atoms with E-state index in [4.69, 9.17) is 11.6 Å². The molecule has 1 aromatic heterocycles. The first-order valence-electron chi connectivity index (χ1n) is 9.28. The maximum absolute atomic E-state index is 13.4. The van der Waals surface area contributed by atoms with Crippen LogP contribution in [0.2, 0.25) is 5.02 Å². The van der Waals surface area contributed by atoms with Gasteiger partial charge in [0.2, 0.25) is 5.91 Å². The Morgan fingerprint density at radius 1 is 1.14 bits per heavy atom. The van der Waals surface area contributed by atoms with E-state index in [1.807, 2.05) is 36.9 Å². The second-order valence-corrected chi connectivity index (χ2v) is 8.02. The third-order valence-corrected chi connectivity index (χ3v) is 5.71. The Morgan fingerprint density at radius 2 is 1.86 bits per heavy atom. The van der Waals surface area contributed by atoms with Gasteiger partial charge in [0.05, 0.1) is 13.1 Å². The lowest BCUT2D eigenvalue weighted by atomic mass is 9.83. The van der Waals surface area contributed by atoms with Crippen molar-refractivity contribution in [3.63, 3.8) is 0 Å². The molecule has 1 aromatic carbocycles. The molecule has 2 fully saturated rings. The van der Waals surface area contributed by atoms with Gasteiger partial charge in [0.1, 0.15) is 18.7 Å². The number of piperazine rings is 1. The standard InChI is InChI=1S/C20H22ClN5O2/c1-14(2)25-10-18(27)26(9-15-3-5-16(21)6-4-15)20(19(25)28)11-24(12-20)17-7-8-22-13-23-17/h3-8,13-14H,9-12H2,1-2H3. The van der Waals surface area contributed by atoms with Gasteiger partial charge in [0.15, 0.2) is 5.54 Å². The van der Waals surface area contributed by atoms with Crippen molar-refractivity contribution >= 4 is 29.2 Å². The van der Waals surface area contributed by atoms with Crippen molar-refractivity contribution in [2.75, 3.05) is 24.5 Å². The molecule has 3 heterocycles. The summed E-state index contributed by atoms with van der Waals surface area (Å²) in [7, 11) is 0. The van der Waals surface area contributed by atoms with Crippen LogP contribution in [-0.2, 0) is 16.1 Å². The fourth-order valence-corrected chi connectivity index (χ4v) is 4.00. The summed E-state index contributed by atoms with van der Waals surface area (Å²) in [6.07, 6.45) is 3.16. The smallest absolute Gasteiger partial charge is 0.252 e. The Bertz CT molecular complexity index is 881. The van der Waals surface area contributed by atoms with Crippen LogP contribution in [0.4, 0.5) is 5.82 Å². The normalized spacial score (nSPS) is 18.8. The SMILES string of the molecule is CC(C)N1CC(=O)N(Cc2ccc(Cl)cc2)C2(CN(c3ccncn3)C2)C1=O. The molecule has 2 saturated heterocycles. The van der Waals surface area contributed by atoms with Gasteiger partial charge in [-0.05, 0) is 37.6 Å². The van der Waals surface area contributed by atoms with E-state index < -0.39 is 5.54 Å². The van der Waals surface area contributed by atoms with Crippen LogP contribution in [0.15, 0.2) is 42.9 Å². The molecule has 146 valence electrons. The summed E-state index contributed by atoms with van der Waals surface area (Å²) in [5.41, 5.74) is 0.0768. The number of carbonyl (C=O) groups is 2. The highest BCUT2D eigenvalue weighted by Gasteiger charge is 2.60. The molecule has 8 heteroatoms. The van der Waals surface area contributed by atoms with E-state index in [2.05, 4.69) is 9.97 Å². The molecule has 4 rings (SSSR count). The highest BCUT2D eigenvalue weighted by molar-refractivity contribution is 6.30. The van der Waals surface area contributed by atoms with Crippen molar-refractivity contribution < 1.29 is 9.59 Å². The summed E-state index contributed by atoms with van der Waals surface area (Å²) in [6, 6.07) is 9.17. The highest BCUT2D eigenvalue weighted by atomic mass is 35.5. The van der Waals surface area contributed by atoms with Gasteiger partial charge >= 0.3 is 0 Å². The highest BCUT2D eigenvalue weighted by Crippen LogP contribution is 2.37. The van der Waals surface area contributed by atoms with Gasteiger partial charge in [-0.15, -0.1) is 0 Å². The van der Waals surface area contributed by atoms with Crippen LogP contribution in [0.5, 0.6) is 0 Å². The van der Waals surface area contributed by atoms with E-state index in [9.17, 15) is 9.59 Å². The van der Waals surface area contributed by atoms with Gasteiger partial charge in [-0.3, -0.25) is 9.59 Å². The van der Waals surface area contributed by atoms with E-state index in [0.29, 0.717) is 24.7 Å². The number of anilines is 1. The zero-order valence-electron chi connectivity index (χ0n) is 15.9. The van der Waals surface area contributed by atoms with Gasteiger partial charge in [-0.25, -0.2) is 9.97 Å². The Balaban J connectivity index is 1.64. The summed E-state index contributed by atoms with van der Waals surface area (Å²) >= 11 is 5.98. The zero-order valence-corrected chi connectivity index (χ0v) is 16.6. The van der Waals surface area contributed by atoms with Crippen molar-refractivity contribution in [3.8, 4) is 0 Å². The number of nitrogens with zero attached hydrogens (tertiary/aromatic N) is 5. The van der Waals surface area contributed by atoms with Crippen LogP contribution < -0.4 is 4.90 Å². The Kier molecular flexibility index (Phi) is 4.71. The molecule has 2 aliphatic heterocycles. The third kappa shape index (κ3) is 3.09. The maximum Gasteiger partial charge on any atom is 0.252 e. The van der Waals surface area contributed by atoms with Gasteiger partial charge in [-0.2, -0.15) is 0 Å². The van der Waals surface area contributed by atoms with E-state index in [-0.39, 0.29) is 24.4 Å². The van der Waals surface area contributed by atoms with Crippen LogP contribution in [-0.4, -0.2) is 62.8 Å². The molecular weight excluding hydrogens is 378 g/mol. The third-order valence-electron chi connectivity index (χ3n) is 5.45. The first kappa shape index (κ1) is 18.7. The minimum atomic E-state index is -0.871. The summed E-state index contributed by atoms with van der Waals surface area (Å²) in [6.45, 7) is 5.21. The first-order valence-corrected chi connectivity index (χ1v) is 9.65. The molecular formula is C20H22ClN5O2. The van der Waals surface area contributed by atoms with Crippen molar-refractivity contribution in [1.29, 1.82) is 0 Å². The van der Waals surface area contributed by atoms with Crippen LogP contribution in [0.1, 0.15) is 19.4 Å². The Hall–Kier alpha value is -2.67. The van der Waals surface area contributed by atoms with E-state index in [0.717, 1.165) is 11.4 Å². The molecule has 0 bridgehead atoms. The molecule has 2 aliphatic rings. The van der Waals surface area contributed by atoms with Gasteiger partial charge in [0.25, 0.3) is 5.91 Å². The lowest BCUT2D eigenvalue weighted by Gasteiger charge is -2.58. The molecule has 1 spiro atoms. The lowest BCUT2D eigenvalue weighted by Crippen LogP contribution is -2.81. The quantitative estimate of drug-likeness (QED) is 0.786. The summed E-state index contributed by atoms with van der Waals surface area (Å²) < 4.78 is 0. The summed E-state index contributed by atoms with van der Waals surface area (Å²) in [5, 5.41) is 0.643. The van der Waals surface area contributed by atoms with Crippen molar-refractivity contribution in [2.45, 2.75) is 32.0 Å². The number of aromatic nitrogens is 2. The fraction of sp³-hybridized carbons (Fsp3) is 0.400. The number of hydrogen-bond acceptors (Lipinski definition) is 5. The molecule has 0 atom stereocenters. The molecule has 0 aliphatic carbocycles. The lowest BCUT2D eigenvalue weighted by molar-refractivity contribution is -0.170. The Labute approximate surface area is 168 Å². The minimum Gasteiger partial charge on any atom is -0.351 e. The van der Waals surface area contributed by atoms with E-state index >= 15 is 0 Å². The summed E-state index contributed by atoms with van der Waals surface area (Å²) in [5.74, 6) is 0.723. The fourth-order valence-electron chi connectivity index (χ4n) is 3.88. The van der Waals surface area contributed by atoms with Gasteiger partial charge in [0, 0.05) is 23.8 Å². The Morgan fingerprint density at radius 3 is 2.46 bits per heavy atom. The zero-order chi connectivity index (χ0) is 19.9. The first-order chi connectivity index (χ1) is 13.4. The van der Waals surface area contributed by atoms with Gasteiger partial charge in [-0.1, -0.05) is 23.7 Å². The maximum atomic E-state index is 13.4. The van der Waals surface area contributed by atoms with E-state index in [1.165, 1.54) is 6.33 Å². The number of carbonyl (C=O) groups excluding carboxylic acids is 2. The average Bonchev–Trinajstić information content (AvgIpc) is 2.65. The van der Waals surface area contributed by atoms with Crippen LogP contribution >= 0.6 is 11.6 Å². The molecule has 0 saturated carbocycles. The van der Waals surface area contributed by atoms with Gasteiger partial charge < -0.3 is 14.7 Å². The second kappa shape index (κ2) is 7.05. The number of amides is 2. The number of benzene rings is 1. The van der Waals surface area contributed by atoms with Crippen LogP contribution in [0, 0.1) is 0 Å². The second-order valence-electron chi connectivity index (χ2n) is 7.59. The molecule has 0 N–H and O–H groups in total. The largest absolute Gasteiger partial charge is 0.351 e. The molecule has 0 radical (unpaired) electrons. The monoisotopic (exact) mass is 399 g/mol. The predicted octanol–water partition coefficient (Wildman–Crippen LogP) is 1.97. The predicted molar refractivity (Wildman–Crippen MR) is 106 cm³/mol. The summed E-state index contributed by atoms with van der Waals surface area (Å²) in [4.78, 5) is 40.1.